The number of rotatable bonds is 7. The number of carboxylic acids is 1. The Balaban J connectivity index is 1.84. The Morgan fingerprint density at radius 1 is 1.13 bits per heavy atom. The molecule has 2 aromatic carbocycles. The van der Waals surface area contributed by atoms with Gasteiger partial charge in [-0.15, -0.1) is 11.8 Å². The van der Waals surface area contributed by atoms with Crippen molar-refractivity contribution in [2.24, 2.45) is 0 Å². The van der Waals surface area contributed by atoms with Crippen LogP contribution in [0.15, 0.2) is 51.8 Å². The van der Waals surface area contributed by atoms with Crippen molar-refractivity contribution in [1.29, 1.82) is 0 Å². The second-order valence-corrected chi connectivity index (χ2v) is 8.43. The summed E-state index contributed by atoms with van der Waals surface area (Å²) in [5.74, 6) is -0.431. The van der Waals surface area contributed by atoms with Crippen LogP contribution < -0.4 is 4.74 Å². The van der Waals surface area contributed by atoms with Crippen molar-refractivity contribution in [1.82, 2.24) is 0 Å². The fraction of sp³-hybridized carbons (Fsp3) is 0.250. The maximum absolute atomic E-state index is 12.6. The van der Waals surface area contributed by atoms with Crippen LogP contribution in [0, 0.1) is 13.8 Å². The number of furan rings is 1. The molecule has 5 nitrogen and oxygen atoms in total. The molecule has 3 aromatic rings. The molecule has 156 valence electrons. The summed E-state index contributed by atoms with van der Waals surface area (Å²) in [6.45, 7) is 6.72. The number of ketones is 1. The molecule has 0 fully saturated rings. The van der Waals surface area contributed by atoms with E-state index in [1.807, 2.05) is 50.4 Å². The molecule has 0 radical (unpaired) electrons. The van der Waals surface area contributed by atoms with Crippen LogP contribution >= 0.6 is 11.8 Å². The number of aliphatic carboxylic acids is 1. The number of benzene rings is 2. The average molecular weight is 425 g/mol. The first-order chi connectivity index (χ1) is 14.1. The fourth-order valence-electron chi connectivity index (χ4n) is 3.13. The summed E-state index contributed by atoms with van der Waals surface area (Å²) in [6.07, 6.45) is 5.18. The lowest BCUT2D eigenvalue weighted by molar-refractivity contribution is -0.152. The summed E-state index contributed by atoms with van der Waals surface area (Å²) in [7, 11) is 0. The third-order valence-corrected chi connectivity index (χ3v) is 5.56. The number of hydrogen-bond donors (Lipinski definition) is 1. The third-order valence-electron chi connectivity index (χ3n) is 4.77. The van der Waals surface area contributed by atoms with E-state index in [2.05, 4.69) is 0 Å². The summed E-state index contributed by atoms with van der Waals surface area (Å²) in [5, 5.41) is 10.2. The van der Waals surface area contributed by atoms with Crippen LogP contribution in [-0.2, 0) is 4.79 Å². The van der Waals surface area contributed by atoms with Gasteiger partial charge in [0.15, 0.2) is 11.4 Å². The summed E-state index contributed by atoms with van der Waals surface area (Å²) >= 11 is 1.61. The largest absolute Gasteiger partial charge is 0.478 e. The van der Waals surface area contributed by atoms with Crippen LogP contribution in [0.2, 0.25) is 0 Å². The van der Waals surface area contributed by atoms with Crippen LogP contribution in [0.4, 0.5) is 0 Å². The molecule has 0 amide bonds. The number of hydrogen-bond acceptors (Lipinski definition) is 5. The molecule has 1 heterocycles. The highest BCUT2D eigenvalue weighted by Crippen LogP contribution is 2.31. The summed E-state index contributed by atoms with van der Waals surface area (Å²) in [6, 6.07) is 11.2. The van der Waals surface area contributed by atoms with E-state index in [4.69, 9.17) is 9.15 Å². The molecule has 0 saturated carbocycles. The summed E-state index contributed by atoms with van der Waals surface area (Å²) < 4.78 is 11.4. The zero-order valence-electron chi connectivity index (χ0n) is 17.6. The van der Waals surface area contributed by atoms with Crippen molar-refractivity contribution in [2.45, 2.75) is 38.2 Å². The topological polar surface area (TPSA) is 76.7 Å². The molecule has 30 heavy (non-hydrogen) atoms. The normalized spacial score (nSPS) is 11.9. The predicted octanol–water partition coefficient (Wildman–Crippen LogP) is 5.91. The molecule has 6 heteroatoms. The second-order valence-electron chi connectivity index (χ2n) is 7.58. The van der Waals surface area contributed by atoms with E-state index in [0.717, 1.165) is 27.0 Å². The van der Waals surface area contributed by atoms with E-state index in [9.17, 15) is 14.7 Å². The minimum Gasteiger partial charge on any atom is -0.478 e. The number of allylic oxidation sites excluding steroid dienone is 1. The van der Waals surface area contributed by atoms with Crippen molar-refractivity contribution < 1.29 is 23.8 Å². The summed E-state index contributed by atoms with van der Waals surface area (Å²) in [4.78, 5) is 25.0. The Labute approximate surface area is 179 Å². The molecular weight excluding hydrogens is 400 g/mol. The van der Waals surface area contributed by atoms with Gasteiger partial charge >= 0.3 is 5.97 Å². The smallest absolute Gasteiger partial charge is 0.347 e. The summed E-state index contributed by atoms with van der Waals surface area (Å²) in [5.41, 5.74) is 1.77. The predicted molar refractivity (Wildman–Crippen MR) is 120 cm³/mol. The first-order valence-electron chi connectivity index (χ1n) is 9.45. The number of carbonyl (C=O) groups excluding carboxylic acids is 1. The van der Waals surface area contributed by atoms with Crippen LogP contribution in [0.1, 0.15) is 41.1 Å². The van der Waals surface area contributed by atoms with Crippen LogP contribution in [0.25, 0.3) is 17.0 Å². The van der Waals surface area contributed by atoms with Crippen LogP contribution in [0.3, 0.4) is 0 Å². The number of fused-ring (bicyclic) bond motifs is 1. The Bertz CT molecular complexity index is 1130. The van der Waals surface area contributed by atoms with E-state index < -0.39 is 11.6 Å². The van der Waals surface area contributed by atoms with Crippen molar-refractivity contribution in [3.63, 3.8) is 0 Å². The molecule has 0 saturated heterocycles. The van der Waals surface area contributed by atoms with Crippen molar-refractivity contribution in [3.8, 4) is 5.75 Å². The zero-order chi connectivity index (χ0) is 22.1. The molecule has 1 aromatic heterocycles. The van der Waals surface area contributed by atoms with Gasteiger partial charge in [0.25, 0.3) is 0 Å². The van der Waals surface area contributed by atoms with Crippen LogP contribution in [0.5, 0.6) is 5.75 Å². The first-order valence-corrected chi connectivity index (χ1v) is 10.7. The van der Waals surface area contributed by atoms with Crippen molar-refractivity contribution >= 4 is 40.6 Å². The molecule has 0 spiro atoms. The monoisotopic (exact) mass is 424 g/mol. The zero-order valence-corrected chi connectivity index (χ0v) is 18.4. The minimum atomic E-state index is -1.33. The Kier molecular flexibility index (Phi) is 6.08. The third kappa shape index (κ3) is 4.44. The van der Waals surface area contributed by atoms with Gasteiger partial charge in [0.05, 0.1) is 0 Å². The first kappa shape index (κ1) is 21.7. The SMILES string of the molecule is CSc1cccc2oc(C(=O)C=Cc3cc(C)c(OC(C)(C)C(=O)O)c(C)c3)cc12. The van der Waals surface area contributed by atoms with Gasteiger partial charge in [0, 0.05) is 10.3 Å². The number of ether oxygens (including phenoxy) is 1. The highest BCUT2D eigenvalue weighted by molar-refractivity contribution is 7.98. The molecule has 0 aliphatic heterocycles. The quantitative estimate of drug-likeness (QED) is 0.289. The van der Waals surface area contributed by atoms with Gasteiger partial charge in [-0.1, -0.05) is 12.1 Å². The molecule has 0 aliphatic rings. The van der Waals surface area contributed by atoms with E-state index in [-0.39, 0.29) is 5.78 Å². The molecule has 0 unspecified atom stereocenters. The van der Waals surface area contributed by atoms with Gasteiger partial charge in [-0.05, 0) is 87.0 Å². The molecule has 0 aliphatic carbocycles. The lowest BCUT2D eigenvalue weighted by Gasteiger charge is -2.24. The average Bonchev–Trinajstić information content (AvgIpc) is 3.13. The van der Waals surface area contributed by atoms with E-state index in [0.29, 0.717) is 17.1 Å². The molecule has 0 atom stereocenters. The Hall–Kier alpha value is -2.99. The highest BCUT2D eigenvalue weighted by atomic mass is 32.2. The highest BCUT2D eigenvalue weighted by Gasteiger charge is 2.30. The lowest BCUT2D eigenvalue weighted by atomic mass is 10.0. The maximum atomic E-state index is 12.6. The van der Waals surface area contributed by atoms with E-state index in [1.165, 1.54) is 19.9 Å². The lowest BCUT2D eigenvalue weighted by Crippen LogP contribution is -2.38. The van der Waals surface area contributed by atoms with E-state index >= 15 is 0 Å². The second kappa shape index (κ2) is 8.40. The maximum Gasteiger partial charge on any atom is 0.347 e. The number of carboxylic acid groups (broad SMARTS) is 1. The molecular formula is C24H24O5S. The Morgan fingerprint density at radius 2 is 1.80 bits per heavy atom. The van der Waals surface area contributed by atoms with Gasteiger partial charge in [0.1, 0.15) is 11.3 Å². The van der Waals surface area contributed by atoms with E-state index in [1.54, 1.807) is 23.9 Å². The standard InChI is InChI=1S/C24H24O5S/c1-14-11-16(12-15(2)22(14)29-24(3,4)23(26)27)9-10-18(25)20-13-17-19(28-20)7-6-8-21(17)30-5/h6-13H,1-5H3,(H,26,27). The number of carbonyl (C=O) groups is 2. The van der Waals surface area contributed by atoms with Gasteiger partial charge in [-0.2, -0.15) is 0 Å². The number of thioether (sulfide) groups is 1. The number of aryl methyl sites for hydroxylation is 2. The fourth-order valence-corrected chi connectivity index (χ4v) is 3.72. The van der Waals surface area contributed by atoms with Crippen molar-refractivity contribution in [3.05, 3.63) is 64.9 Å². The minimum absolute atomic E-state index is 0.221. The molecule has 0 bridgehead atoms. The van der Waals surface area contributed by atoms with Crippen molar-refractivity contribution in [2.75, 3.05) is 6.26 Å². The van der Waals surface area contributed by atoms with Gasteiger partial charge in [-0.3, -0.25) is 4.79 Å². The molecule has 1 N–H and O–H groups in total. The van der Waals surface area contributed by atoms with Gasteiger partial charge in [-0.25, -0.2) is 4.79 Å². The Morgan fingerprint density at radius 3 is 2.40 bits per heavy atom. The van der Waals surface area contributed by atoms with Crippen LogP contribution in [-0.4, -0.2) is 28.7 Å². The van der Waals surface area contributed by atoms with Gasteiger partial charge in [0.2, 0.25) is 5.78 Å². The van der Waals surface area contributed by atoms with Gasteiger partial charge < -0.3 is 14.3 Å². The molecule has 3 rings (SSSR count).